The van der Waals surface area contributed by atoms with E-state index in [2.05, 4.69) is 21.2 Å². The topological polar surface area (TPSA) is 109 Å². The molecular weight excluding hydrogens is 408 g/mol. The summed E-state index contributed by atoms with van der Waals surface area (Å²) in [5.41, 5.74) is 6.74. The number of hydrogen-bond donors (Lipinski definition) is 3. The summed E-state index contributed by atoms with van der Waals surface area (Å²) in [6, 6.07) is 10.9. The monoisotopic (exact) mass is 438 g/mol. The second-order valence-electron chi connectivity index (χ2n) is 7.49. The maximum Gasteiger partial charge on any atom is 0.329 e. The van der Waals surface area contributed by atoms with Crippen LogP contribution in [-0.2, 0) is 14.4 Å². The predicted molar refractivity (Wildman–Crippen MR) is 125 cm³/mol. The number of aryl methyl sites for hydroxylation is 3. The number of benzene rings is 2. The molecule has 8 heteroatoms. The molecule has 0 saturated carbocycles. The highest BCUT2D eigenvalue weighted by atomic mass is 16.5. The highest BCUT2D eigenvalue weighted by Gasteiger charge is 2.11. The van der Waals surface area contributed by atoms with Gasteiger partial charge in [0.25, 0.3) is 5.91 Å². The minimum Gasteiger partial charge on any atom is -0.484 e. The summed E-state index contributed by atoms with van der Waals surface area (Å²) in [4.78, 5) is 35.6. The summed E-state index contributed by atoms with van der Waals surface area (Å²) in [6.45, 7) is 8.20. The molecule has 2 aromatic carbocycles. The zero-order valence-corrected chi connectivity index (χ0v) is 19.0. The molecule has 2 aromatic rings. The molecule has 0 aliphatic heterocycles. The number of rotatable bonds is 9. The minimum absolute atomic E-state index is 0.151. The molecule has 0 aliphatic carbocycles. The van der Waals surface area contributed by atoms with E-state index in [1.165, 1.54) is 6.21 Å². The molecule has 0 aliphatic rings. The number of unbranched alkanes of at least 4 members (excludes halogenated alkanes) is 1. The van der Waals surface area contributed by atoms with Crippen LogP contribution in [-0.4, -0.2) is 37.1 Å². The van der Waals surface area contributed by atoms with Crippen LogP contribution in [0.1, 0.15) is 42.0 Å². The first-order valence-corrected chi connectivity index (χ1v) is 10.5. The number of ether oxygens (including phenoxy) is 1. The van der Waals surface area contributed by atoms with E-state index < -0.39 is 11.8 Å². The number of nitrogens with one attached hydrogen (secondary N) is 3. The smallest absolute Gasteiger partial charge is 0.329 e. The largest absolute Gasteiger partial charge is 0.484 e. The Hall–Kier alpha value is -3.68. The molecule has 0 unspecified atom stereocenters. The van der Waals surface area contributed by atoms with E-state index in [4.69, 9.17) is 4.74 Å². The number of nitrogens with zero attached hydrogens (tertiary/aromatic N) is 1. The Morgan fingerprint density at radius 2 is 1.75 bits per heavy atom. The SMILES string of the molecule is CCCCNC(=O)C(=O)N/N=C\c1cccc(OCC(=O)Nc2c(C)cc(C)cc2C)c1. The molecule has 3 N–H and O–H groups in total. The first-order valence-electron chi connectivity index (χ1n) is 10.5. The molecule has 3 amide bonds. The average molecular weight is 439 g/mol. The van der Waals surface area contributed by atoms with Gasteiger partial charge in [-0.1, -0.05) is 43.2 Å². The fraction of sp³-hybridized carbons (Fsp3) is 0.333. The van der Waals surface area contributed by atoms with E-state index in [9.17, 15) is 14.4 Å². The third kappa shape index (κ3) is 7.86. The quantitative estimate of drug-likeness (QED) is 0.242. The van der Waals surface area contributed by atoms with Crippen LogP contribution in [0.3, 0.4) is 0 Å². The van der Waals surface area contributed by atoms with Gasteiger partial charge in [0.2, 0.25) is 0 Å². The van der Waals surface area contributed by atoms with Crippen molar-refractivity contribution in [3.8, 4) is 5.75 Å². The van der Waals surface area contributed by atoms with Gasteiger partial charge in [-0.25, -0.2) is 5.43 Å². The molecule has 0 bridgehead atoms. The predicted octanol–water partition coefficient (Wildman–Crippen LogP) is 3.00. The highest BCUT2D eigenvalue weighted by molar-refractivity contribution is 6.35. The van der Waals surface area contributed by atoms with E-state index in [0.29, 0.717) is 17.9 Å². The second kappa shape index (κ2) is 12.2. The molecule has 0 saturated heterocycles. The Morgan fingerprint density at radius 3 is 2.44 bits per heavy atom. The van der Waals surface area contributed by atoms with Gasteiger partial charge >= 0.3 is 11.8 Å². The first-order chi connectivity index (χ1) is 15.3. The second-order valence-corrected chi connectivity index (χ2v) is 7.49. The van der Waals surface area contributed by atoms with Gasteiger partial charge < -0.3 is 15.4 Å². The van der Waals surface area contributed by atoms with Gasteiger partial charge in [0, 0.05) is 12.2 Å². The molecule has 0 heterocycles. The van der Waals surface area contributed by atoms with Crippen molar-refractivity contribution in [2.75, 3.05) is 18.5 Å². The van der Waals surface area contributed by atoms with Gasteiger partial charge in [-0.15, -0.1) is 0 Å². The molecule has 0 fully saturated rings. The number of amides is 3. The van der Waals surface area contributed by atoms with Gasteiger partial charge in [0.1, 0.15) is 5.75 Å². The summed E-state index contributed by atoms with van der Waals surface area (Å²) in [5.74, 6) is -1.34. The maximum atomic E-state index is 12.3. The van der Waals surface area contributed by atoms with Crippen LogP contribution in [0.25, 0.3) is 0 Å². The van der Waals surface area contributed by atoms with Crippen LogP contribution in [0.4, 0.5) is 5.69 Å². The van der Waals surface area contributed by atoms with Crippen molar-refractivity contribution in [3.63, 3.8) is 0 Å². The average Bonchev–Trinajstić information content (AvgIpc) is 2.75. The van der Waals surface area contributed by atoms with Gasteiger partial charge in [-0.3, -0.25) is 14.4 Å². The molecule has 0 aromatic heterocycles. The Kier molecular flexibility index (Phi) is 9.41. The van der Waals surface area contributed by atoms with Crippen LogP contribution in [0.15, 0.2) is 41.5 Å². The van der Waals surface area contributed by atoms with E-state index >= 15 is 0 Å². The number of hydrogen-bond acceptors (Lipinski definition) is 5. The van der Waals surface area contributed by atoms with Gasteiger partial charge in [0.15, 0.2) is 6.61 Å². The number of carbonyl (C=O) groups excluding carboxylic acids is 3. The zero-order chi connectivity index (χ0) is 23.5. The van der Waals surface area contributed by atoms with Crippen molar-refractivity contribution in [1.29, 1.82) is 0 Å². The first kappa shape index (κ1) is 24.6. The van der Waals surface area contributed by atoms with E-state index in [0.717, 1.165) is 35.2 Å². The van der Waals surface area contributed by atoms with Crippen LogP contribution >= 0.6 is 0 Å². The Bertz CT molecular complexity index is 978. The highest BCUT2D eigenvalue weighted by Crippen LogP contribution is 2.22. The van der Waals surface area contributed by atoms with E-state index in [1.807, 2.05) is 39.8 Å². The third-order valence-electron chi connectivity index (χ3n) is 4.57. The fourth-order valence-electron chi connectivity index (χ4n) is 3.06. The fourth-order valence-corrected chi connectivity index (χ4v) is 3.06. The molecule has 0 spiro atoms. The summed E-state index contributed by atoms with van der Waals surface area (Å²) >= 11 is 0. The Labute approximate surface area is 188 Å². The van der Waals surface area contributed by atoms with Crippen molar-refractivity contribution >= 4 is 29.6 Å². The molecule has 170 valence electrons. The minimum atomic E-state index is -0.830. The third-order valence-corrected chi connectivity index (χ3v) is 4.57. The van der Waals surface area contributed by atoms with E-state index in [-0.39, 0.29) is 12.5 Å². The standard InChI is InChI=1S/C24H30N4O4/c1-5-6-10-25-23(30)24(31)28-26-14-19-8-7-9-20(13-19)32-15-21(29)27-22-17(3)11-16(2)12-18(22)4/h7-9,11-14H,5-6,10,15H2,1-4H3,(H,25,30)(H,27,29)(H,28,31)/b26-14-. The molecular formula is C24H30N4O4. The van der Waals surface area contributed by atoms with Gasteiger partial charge in [0.05, 0.1) is 6.21 Å². The lowest BCUT2D eigenvalue weighted by Crippen LogP contribution is -2.38. The van der Waals surface area contributed by atoms with Crippen molar-refractivity contribution < 1.29 is 19.1 Å². The van der Waals surface area contributed by atoms with Crippen molar-refractivity contribution in [3.05, 3.63) is 58.7 Å². The van der Waals surface area contributed by atoms with Gasteiger partial charge in [-0.05, 0) is 56.0 Å². The van der Waals surface area contributed by atoms with Crippen LogP contribution in [0.2, 0.25) is 0 Å². The number of hydrazone groups is 1. The van der Waals surface area contributed by atoms with E-state index in [1.54, 1.807) is 24.3 Å². The normalized spacial score (nSPS) is 10.6. The summed E-state index contributed by atoms with van der Waals surface area (Å²) in [7, 11) is 0. The van der Waals surface area contributed by atoms with Crippen LogP contribution in [0.5, 0.6) is 5.75 Å². The summed E-state index contributed by atoms with van der Waals surface area (Å²) < 4.78 is 5.58. The number of carbonyl (C=O) groups is 3. The van der Waals surface area contributed by atoms with Crippen LogP contribution in [0, 0.1) is 20.8 Å². The Balaban J connectivity index is 1.86. The lowest BCUT2D eigenvalue weighted by Gasteiger charge is -2.13. The maximum absolute atomic E-state index is 12.3. The zero-order valence-electron chi connectivity index (χ0n) is 19.0. The summed E-state index contributed by atoms with van der Waals surface area (Å²) in [5, 5.41) is 9.19. The number of anilines is 1. The van der Waals surface area contributed by atoms with Crippen molar-refractivity contribution in [2.24, 2.45) is 5.10 Å². The van der Waals surface area contributed by atoms with Crippen molar-refractivity contribution in [2.45, 2.75) is 40.5 Å². The molecule has 2 rings (SSSR count). The Morgan fingerprint density at radius 1 is 1.03 bits per heavy atom. The van der Waals surface area contributed by atoms with Crippen LogP contribution < -0.4 is 20.8 Å². The van der Waals surface area contributed by atoms with Crippen molar-refractivity contribution in [1.82, 2.24) is 10.7 Å². The molecule has 0 radical (unpaired) electrons. The molecule has 32 heavy (non-hydrogen) atoms. The molecule has 0 atom stereocenters. The summed E-state index contributed by atoms with van der Waals surface area (Å²) in [6.07, 6.45) is 3.12. The van der Waals surface area contributed by atoms with Gasteiger partial charge in [-0.2, -0.15) is 5.10 Å². The lowest BCUT2D eigenvalue weighted by atomic mass is 10.1. The molecule has 8 nitrogen and oxygen atoms in total. The lowest BCUT2D eigenvalue weighted by molar-refractivity contribution is -0.139.